The van der Waals surface area contributed by atoms with Gasteiger partial charge < -0.3 is 5.32 Å². The van der Waals surface area contributed by atoms with Gasteiger partial charge in [0, 0.05) is 11.7 Å². The standard InChI is InChI=1S/C31H29N3O4S2/c1-21(2)34-28-18-15-24(19-29(28)39-31(34)36)32-30(35)26-11-7-8-12-27(26)33(20-23-9-5-4-6-10-23)40(37,38)25-16-13-22(3)14-17-25/h4-19,21H,20H2,1-3H3,(H,32,35). The quantitative estimate of drug-likeness (QED) is 0.227. The molecule has 1 aromatic heterocycles. The molecule has 0 radical (unpaired) electrons. The Morgan fingerprint density at radius 3 is 2.30 bits per heavy atom. The maximum Gasteiger partial charge on any atom is 0.308 e. The van der Waals surface area contributed by atoms with E-state index in [-0.39, 0.29) is 33.6 Å². The van der Waals surface area contributed by atoms with Crippen LogP contribution in [0.2, 0.25) is 0 Å². The van der Waals surface area contributed by atoms with Crippen molar-refractivity contribution in [3.8, 4) is 0 Å². The Balaban J connectivity index is 1.54. The van der Waals surface area contributed by atoms with Crippen LogP contribution in [0.4, 0.5) is 11.4 Å². The fourth-order valence-corrected chi connectivity index (χ4v) is 7.10. The van der Waals surface area contributed by atoms with Crippen molar-refractivity contribution in [2.75, 3.05) is 9.62 Å². The lowest BCUT2D eigenvalue weighted by Gasteiger charge is -2.26. The second-order valence-electron chi connectivity index (χ2n) is 9.80. The number of hydrogen-bond acceptors (Lipinski definition) is 5. The number of nitrogens with zero attached hydrogens (tertiary/aromatic N) is 2. The van der Waals surface area contributed by atoms with Gasteiger partial charge in [0.1, 0.15) is 0 Å². The summed E-state index contributed by atoms with van der Waals surface area (Å²) in [6.45, 7) is 5.84. The van der Waals surface area contributed by atoms with Crippen LogP contribution in [0, 0.1) is 6.92 Å². The minimum absolute atomic E-state index is 0.0136. The van der Waals surface area contributed by atoms with E-state index in [0.717, 1.165) is 32.7 Å². The van der Waals surface area contributed by atoms with Gasteiger partial charge in [-0.05, 0) is 68.8 Å². The van der Waals surface area contributed by atoms with Crippen LogP contribution >= 0.6 is 11.3 Å². The Kier molecular flexibility index (Phi) is 7.60. The molecule has 0 saturated heterocycles. The molecule has 0 fully saturated rings. The van der Waals surface area contributed by atoms with Gasteiger partial charge in [0.25, 0.3) is 15.9 Å². The summed E-state index contributed by atoms with van der Waals surface area (Å²) in [6, 6.07) is 28.0. The summed E-state index contributed by atoms with van der Waals surface area (Å²) in [4.78, 5) is 26.2. The molecule has 1 N–H and O–H groups in total. The van der Waals surface area contributed by atoms with Crippen LogP contribution < -0.4 is 14.5 Å². The van der Waals surface area contributed by atoms with E-state index in [1.807, 2.05) is 57.2 Å². The molecule has 40 heavy (non-hydrogen) atoms. The van der Waals surface area contributed by atoms with Gasteiger partial charge in [0.05, 0.1) is 32.9 Å². The Morgan fingerprint density at radius 2 is 1.60 bits per heavy atom. The third kappa shape index (κ3) is 5.43. The number of nitrogens with one attached hydrogen (secondary N) is 1. The van der Waals surface area contributed by atoms with Crippen molar-refractivity contribution < 1.29 is 13.2 Å². The van der Waals surface area contributed by atoms with E-state index in [0.29, 0.717) is 5.69 Å². The maximum absolute atomic E-state index is 14.0. The van der Waals surface area contributed by atoms with Crippen LogP contribution in [-0.2, 0) is 16.6 Å². The number of anilines is 2. The number of thiazole rings is 1. The molecule has 0 spiro atoms. The van der Waals surface area contributed by atoms with Crippen molar-refractivity contribution in [1.82, 2.24) is 4.57 Å². The number of hydrogen-bond donors (Lipinski definition) is 1. The highest BCUT2D eigenvalue weighted by Crippen LogP contribution is 2.31. The first-order valence-corrected chi connectivity index (χ1v) is 15.1. The zero-order valence-corrected chi connectivity index (χ0v) is 24.0. The van der Waals surface area contributed by atoms with Gasteiger partial charge in [-0.25, -0.2) is 8.42 Å². The van der Waals surface area contributed by atoms with Crippen molar-refractivity contribution in [3.63, 3.8) is 0 Å². The molecule has 5 rings (SSSR count). The Morgan fingerprint density at radius 1 is 0.925 bits per heavy atom. The van der Waals surface area contributed by atoms with E-state index in [9.17, 15) is 18.0 Å². The first kappa shape index (κ1) is 27.4. The molecule has 7 nitrogen and oxygen atoms in total. The summed E-state index contributed by atoms with van der Waals surface area (Å²) < 4.78 is 31.7. The van der Waals surface area contributed by atoms with E-state index in [2.05, 4.69) is 5.32 Å². The lowest BCUT2D eigenvalue weighted by Crippen LogP contribution is -2.32. The smallest absolute Gasteiger partial charge is 0.308 e. The molecule has 0 bridgehead atoms. The Labute approximate surface area is 237 Å². The summed E-state index contributed by atoms with van der Waals surface area (Å²) in [5, 5.41) is 2.90. The number of aryl methyl sites for hydroxylation is 1. The molecular formula is C31H29N3O4S2. The number of aromatic nitrogens is 1. The van der Waals surface area contributed by atoms with Crippen molar-refractivity contribution in [1.29, 1.82) is 0 Å². The molecule has 0 aliphatic carbocycles. The zero-order chi connectivity index (χ0) is 28.4. The average Bonchev–Trinajstić information content (AvgIpc) is 3.27. The van der Waals surface area contributed by atoms with Gasteiger partial charge in [-0.15, -0.1) is 0 Å². The molecule has 0 aliphatic heterocycles. The Bertz CT molecular complexity index is 1840. The number of fused-ring (bicyclic) bond motifs is 1. The van der Waals surface area contributed by atoms with Crippen LogP contribution in [0.3, 0.4) is 0 Å². The van der Waals surface area contributed by atoms with Crippen molar-refractivity contribution in [2.24, 2.45) is 0 Å². The number of amides is 1. The normalized spacial score (nSPS) is 11.6. The molecule has 1 heterocycles. The van der Waals surface area contributed by atoms with Gasteiger partial charge in [0.2, 0.25) is 0 Å². The monoisotopic (exact) mass is 571 g/mol. The van der Waals surface area contributed by atoms with Crippen LogP contribution in [0.25, 0.3) is 10.2 Å². The topological polar surface area (TPSA) is 88.5 Å². The van der Waals surface area contributed by atoms with E-state index in [4.69, 9.17) is 0 Å². The number of rotatable bonds is 8. The summed E-state index contributed by atoms with van der Waals surface area (Å²) in [6.07, 6.45) is 0. The van der Waals surface area contributed by atoms with Crippen LogP contribution in [0.5, 0.6) is 0 Å². The average molecular weight is 572 g/mol. The maximum atomic E-state index is 14.0. The van der Waals surface area contributed by atoms with Gasteiger partial charge in [-0.2, -0.15) is 0 Å². The predicted molar refractivity (Wildman–Crippen MR) is 162 cm³/mol. The number of carbonyl (C=O) groups is 1. The molecule has 0 saturated carbocycles. The molecule has 5 aromatic rings. The SMILES string of the molecule is Cc1ccc(S(=O)(=O)N(Cc2ccccc2)c2ccccc2C(=O)Nc2ccc3c(c2)sc(=O)n3C(C)C)cc1. The summed E-state index contributed by atoms with van der Waals surface area (Å²) in [7, 11) is -4.02. The fourth-order valence-electron chi connectivity index (χ4n) is 4.57. The van der Waals surface area contributed by atoms with Crippen LogP contribution in [-0.4, -0.2) is 18.9 Å². The molecule has 0 unspecified atom stereocenters. The number of carbonyl (C=O) groups excluding carboxylic acids is 1. The minimum atomic E-state index is -4.02. The highest BCUT2D eigenvalue weighted by Gasteiger charge is 2.28. The summed E-state index contributed by atoms with van der Waals surface area (Å²) in [5.41, 5.74) is 3.52. The highest BCUT2D eigenvalue weighted by atomic mass is 32.2. The van der Waals surface area contributed by atoms with Crippen LogP contribution in [0.15, 0.2) is 107 Å². The van der Waals surface area contributed by atoms with Crippen LogP contribution in [0.1, 0.15) is 41.4 Å². The van der Waals surface area contributed by atoms with E-state index >= 15 is 0 Å². The van der Waals surface area contributed by atoms with Gasteiger partial charge in [-0.3, -0.25) is 18.5 Å². The molecule has 4 aromatic carbocycles. The molecule has 204 valence electrons. The third-order valence-corrected chi connectivity index (χ3v) is 9.28. The molecule has 0 aliphatic rings. The molecular weight excluding hydrogens is 542 g/mol. The first-order valence-electron chi connectivity index (χ1n) is 12.8. The molecule has 1 amide bonds. The number of para-hydroxylation sites is 1. The molecule has 9 heteroatoms. The van der Waals surface area contributed by atoms with Crippen molar-refractivity contribution in [2.45, 2.75) is 38.3 Å². The lowest BCUT2D eigenvalue weighted by atomic mass is 10.1. The highest BCUT2D eigenvalue weighted by molar-refractivity contribution is 7.92. The number of sulfonamides is 1. The Hall–Kier alpha value is -4.21. The largest absolute Gasteiger partial charge is 0.322 e. The lowest BCUT2D eigenvalue weighted by molar-refractivity contribution is 0.102. The summed E-state index contributed by atoms with van der Waals surface area (Å²) >= 11 is 1.12. The van der Waals surface area contributed by atoms with E-state index < -0.39 is 15.9 Å². The second kappa shape index (κ2) is 11.1. The predicted octanol–water partition coefficient (Wildman–Crippen LogP) is 6.60. The van der Waals surface area contributed by atoms with Crippen molar-refractivity contribution >= 4 is 48.9 Å². The summed E-state index contributed by atoms with van der Waals surface area (Å²) in [5.74, 6) is -0.456. The molecule has 0 atom stereocenters. The zero-order valence-electron chi connectivity index (χ0n) is 22.4. The van der Waals surface area contributed by atoms with Gasteiger partial charge in [0.15, 0.2) is 0 Å². The fraction of sp³-hybridized carbons (Fsp3) is 0.161. The first-order chi connectivity index (χ1) is 19.1. The second-order valence-corrected chi connectivity index (χ2v) is 12.7. The minimum Gasteiger partial charge on any atom is -0.322 e. The van der Waals surface area contributed by atoms with Gasteiger partial charge in [-0.1, -0.05) is 71.5 Å². The van der Waals surface area contributed by atoms with E-state index in [1.165, 1.54) is 4.31 Å². The van der Waals surface area contributed by atoms with Gasteiger partial charge >= 0.3 is 4.87 Å². The van der Waals surface area contributed by atoms with E-state index in [1.54, 1.807) is 65.2 Å². The number of benzene rings is 4. The van der Waals surface area contributed by atoms with Crippen molar-refractivity contribution in [3.05, 3.63) is 123 Å². The third-order valence-electron chi connectivity index (χ3n) is 6.58.